The van der Waals surface area contributed by atoms with Crippen molar-refractivity contribution in [1.82, 2.24) is 15.1 Å². The minimum absolute atomic E-state index is 0.0216. The number of esters is 1. The van der Waals surface area contributed by atoms with Gasteiger partial charge in [-0.2, -0.15) is 9.78 Å². The average molecular weight is 468 g/mol. The fourth-order valence-electron chi connectivity index (χ4n) is 4.55. The van der Waals surface area contributed by atoms with E-state index in [1.54, 1.807) is 48.5 Å². The van der Waals surface area contributed by atoms with Gasteiger partial charge in [-0.3, -0.25) is 9.59 Å². The SMILES string of the molecule is CC(OC(=O)c1nn(-c2ccccc2)c(=O)c2ccccc12)C(=O)NC1CCCc2ccccc21. The number of rotatable bonds is 5. The highest BCUT2D eigenvalue weighted by Crippen LogP contribution is 2.29. The summed E-state index contributed by atoms with van der Waals surface area (Å²) in [5.74, 6) is -1.14. The standard InChI is InChI=1S/C28H25N3O4/c1-18(26(32)29-24-17-9-11-19-10-5-6-14-21(19)24)35-28(34)25-22-15-7-8-16-23(22)27(33)31(30-25)20-12-3-2-4-13-20/h2-8,10,12-16,18,24H,9,11,17H2,1H3,(H,29,32). The highest BCUT2D eigenvalue weighted by molar-refractivity contribution is 6.03. The molecule has 2 unspecified atom stereocenters. The molecule has 1 aliphatic carbocycles. The van der Waals surface area contributed by atoms with Crippen molar-refractivity contribution in [3.8, 4) is 5.69 Å². The molecule has 176 valence electrons. The van der Waals surface area contributed by atoms with Crippen LogP contribution in [0.25, 0.3) is 16.5 Å². The summed E-state index contributed by atoms with van der Waals surface area (Å²) < 4.78 is 6.72. The molecule has 0 saturated heterocycles. The van der Waals surface area contributed by atoms with E-state index in [0.717, 1.165) is 24.8 Å². The van der Waals surface area contributed by atoms with Crippen molar-refractivity contribution in [3.05, 3.63) is 106 Å². The van der Waals surface area contributed by atoms with E-state index in [2.05, 4.69) is 16.5 Å². The van der Waals surface area contributed by atoms with Gasteiger partial charge >= 0.3 is 5.97 Å². The molecular weight excluding hydrogens is 442 g/mol. The predicted molar refractivity (Wildman–Crippen MR) is 132 cm³/mol. The molecule has 0 fully saturated rings. The van der Waals surface area contributed by atoms with Crippen molar-refractivity contribution < 1.29 is 14.3 Å². The van der Waals surface area contributed by atoms with E-state index in [1.165, 1.54) is 17.2 Å². The van der Waals surface area contributed by atoms with Crippen LogP contribution in [0.1, 0.15) is 47.4 Å². The molecule has 0 bridgehead atoms. The summed E-state index contributed by atoms with van der Waals surface area (Å²) in [7, 11) is 0. The number of nitrogens with one attached hydrogen (secondary N) is 1. The number of fused-ring (bicyclic) bond motifs is 2. The van der Waals surface area contributed by atoms with E-state index in [0.29, 0.717) is 16.5 Å². The Labute approximate surface area is 202 Å². The summed E-state index contributed by atoms with van der Waals surface area (Å²) in [6, 6.07) is 23.6. The molecule has 35 heavy (non-hydrogen) atoms. The van der Waals surface area contributed by atoms with E-state index >= 15 is 0 Å². The van der Waals surface area contributed by atoms with Crippen LogP contribution in [0, 0.1) is 0 Å². The Morgan fingerprint density at radius 2 is 1.66 bits per heavy atom. The zero-order valence-corrected chi connectivity index (χ0v) is 19.3. The van der Waals surface area contributed by atoms with E-state index < -0.39 is 12.1 Å². The maximum absolute atomic E-state index is 13.2. The number of para-hydroxylation sites is 1. The third-order valence-corrected chi connectivity index (χ3v) is 6.34. The lowest BCUT2D eigenvalue weighted by molar-refractivity contribution is -0.130. The number of amides is 1. The Morgan fingerprint density at radius 1 is 0.971 bits per heavy atom. The molecule has 7 heteroatoms. The Bertz CT molecular complexity index is 1460. The highest BCUT2D eigenvalue weighted by Gasteiger charge is 2.27. The number of carbonyl (C=O) groups excluding carboxylic acids is 2. The molecule has 4 aromatic rings. The van der Waals surface area contributed by atoms with Crippen LogP contribution >= 0.6 is 0 Å². The van der Waals surface area contributed by atoms with Gasteiger partial charge in [0, 0.05) is 5.39 Å². The predicted octanol–water partition coefficient (Wildman–Crippen LogP) is 4.12. The van der Waals surface area contributed by atoms with Crippen LogP contribution in [0.2, 0.25) is 0 Å². The molecule has 0 aliphatic heterocycles. The smallest absolute Gasteiger partial charge is 0.360 e. The van der Waals surface area contributed by atoms with Gasteiger partial charge in [0.15, 0.2) is 11.8 Å². The topological polar surface area (TPSA) is 90.3 Å². The molecule has 0 saturated carbocycles. The van der Waals surface area contributed by atoms with Crippen LogP contribution in [0.3, 0.4) is 0 Å². The second kappa shape index (κ2) is 9.54. The first-order valence-electron chi connectivity index (χ1n) is 11.7. The van der Waals surface area contributed by atoms with Gasteiger partial charge in [0.2, 0.25) is 0 Å². The summed E-state index contributed by atoms with van der Waals surface area (Å²) in [5, 5.41) is 8.07. The lowest BCUT2D eigenvalue weighted by Gasteiger charge is -2.27. The molecule has 0 radical (unpaired) electrons. The van der Waals surface area contributed by atoms with Gasteiger partial charge in [0.05, 0.1) is 17.1 Å². The molecule has 1 aromatic heterocycles. The Morgan fingerprint density at radius 3 is 2.46 bits per heavy atom. The summed E-state index contributed by atoms with van der Waals surface area (Å²) in [4.78, 5) is 39.1. The van der Waals surface area contributed by atoms with Crippen molar-refractivity contribution in [2.75, 3.05) is 0 Å². The third-order valence-electron chi connectivity index (χ3n) is 6.34. The summed E-state index contributed by atoms with van der Waals surface area (Å²) in [5.41, 5.74) is 2.50. The largest absolute Gasteiger partial charge is 0.448 e. The lowest BCUT2D eigenvalue weighted by Crippen LogP contribution is -2.39. The van der Waals surface area contributed by atoms with Gasteiger partial charge in [0.25, 0.3) is 11.5 Å². The number of hydrogen-bond donors (Lipinski definition) is 1. The van der Waals surface area contributed by atoms with Crippen LogP contribution in [0.15, 0.2) is 83.7 Å². The molecule has 7 nitrogen and oxygen atoms in total. The van der Waals surface area contributed by atoms with E-state index in [1.807, 2.05) is 24.3 Å². The quantitative estimate of drug-likeness (QED) is 0.446. The molecular formula is C28H25N3O4. The maximum Gasteiger partial charge on any atom is 0.360 e. The highest BCUT2D eigenvalue weighted by atomic mass is 16.5. The Balaban J connectivity index is 1.40. The van der Waals surface area contributed by atoms with Crippen molar-refractivity contribution in [2.24, 2.45) is 0 Å². The number of hydrogen-bond acceptors (Lipinski definition) is 5. The second-order valence-electron chi connectivity index (χ2n) is 8.65. The van der Waals surface area contributed by atoms with Crippen LogP contribution in [0.5, 0.6) is 0 Å². The molecule has 1 aliphatic rings. The Kier molecular flexibility index (Phi) is 6.14. The lowest BCUT2D eigenvalue weighted by atomic mass is 9.87. The number of carbonyl (C=O) groups is 2. The third kappa shape index (κ3) is 4.45. The first-order valence-corrected chi connectivity index (χ1v) is 11.7. The number of nitrogens with zero attached hydrogens (tertiary/aromatic N) is 2. The number of aryl methyl sites for hydroxylation is 1. The second-order valence-corrected chi connectivity index (χ2v) is 8.65. The molecule has 5 rings (SSSR count). The minimum Gasteiger partial charge on any atom is -0.448 e. The normalized spacial score (nSPS) is 15.7. The minimum atomic E-state index is -1.03. The van der Waals surface area contributed by atoms with Crippen molar-refractivity contribution in [2.45, 2.75) is 38.3 Å². The first-order chi connectivity index (χ1) is 17.0. The molecule has 1 amide bonds. The zero-order valence-electron chi connectivity index (χ0n) is 19.3. The fourth-order valence-corrected chi connectivity index (χ4v) is 4.55. The Hall–Kier alpha value is -4.26. The van der Waals surface area contributed by atoms with Gasteiger partial charge < -0.3 is 10.1 Å². The van der Waals surface area contributed by atoms with Gasteiger partial charge in [-0.25, -0.2) is 4.79 Å². The van der Waals surface area contributed by atoms with Crippen molar-refractivity contribution >= 4 is 22.6 Å². The number of benzene rings is 3. The van der Waals surface area contributed by atoms with Gasteiger partial charge in [0.1, 0.15) is 0 Å². The van der Waals surface area contributed by atoms with Crippen LogP contribution in [0.4, 0.5) is 0 Å². The maximum atomic E-state index is 13.2. The van der Waals surface area contributed by atoms with Gasteiger partial charge in [-0.1, -0.05) is 60.7 Å². The van der Waals surface area contributed by atoms with Gasteiger partial charge in [-0.15, -0.1) is 0 Å². The van der Waals surface area contributed by atoms with Crippen LogP contribution in [-0.4, -0.2) is 27.8 Å². The first kappa shape index (κ1) is 22.5. The average Bonchev–Trinajstić information content (AvgIpc) is 2.89. The number of ether oxygens (including phenoxy) is 1. The molecule has 2 atom stereocenters. The molecule has 1 heterocycles. The van der Waals surface area contributed by atoms with Crippen molar-refractivity contribution in [1.29, 1.82) is 0 Å². The van der Waals surface area contributed by atoms with E-state index in [4.69, 9.17) is 4.74 Å². The van der Waals surface area contributed by atoms with Crippen LogP contribution < -0.4 is 10.9 Å². The van der Waals surface area contributed by atoms with Crippen LogP contribution in [-0.2, 0) is 16.0 Å². The van der Waals surface area contributed by atoms with E-state index in [-0.39, 0.29) is 23.2 Å². The molecule has 0 spiro atoms. The number of aromatic nitrogens is 2. The monoisotopic (exact) mass is 467 g/mol. The molecule has 1 N–H and O–H groups in total. The summed E-state index contributed by atoms with van der Waals surface area (Å²) in [6.07, 6.45) is 1.77. The van der Waals surface area contributed by atoms with Gasteiger partial charge in [-0.05, 0) is 55.5 Å². The fraction of sp³-hybridized carbons (Fsp3) is 0.214. The summed E-state index contributed by atoms with van der Waals surface area (Å²) in [6.45, 7) is 1.54. The van der Waals surface area contributed by atoms with Crippen molar-refractivity contribution in [3.63, 3.8) is 0 Å². The zero-order chi connectivity index (χ0) is 24.4. The molecule has 3 aromatic carbocycles. The summed E-state index contributed by atoms with van der Waals surface area (Å²) >= 11 is 0. The van der Waals surface area contributed by atoms with E-state index in [9.17, 15) is 14.4 Å².